The summed E-state index contributed by atoms with van der Waals surface area (Å²) in [6.07, 6.45) is 2.69. The first-order valence-corrected chi connectivity index (χ1v) is 6.51. The normalized spacial score (nSPS) is 12.6. The zero-order valence-electron chi connectivity index (χ0n) is 9.69. The van der Waals surface area contributed by atoms with Crippen LogP contribution in [0.25, 0.3) is 0 Å². The molecule has 1 N–H and O–H groups in total. The Balaban J connectivity index is 1.85. The van der Waals surface area contributed by atoms with Crippen molar-refractivity contribution in [3.63, 3.8) is 0 Å². The maximum Gasteiger partial charge on any atom is 0.127 e. The molecular weight excluding hydrogens is 235 g/mol. The molecule has 1 aromatic heterocycles. The van der Waals surface area contributed by atoms with Gasteiger partial charge in [0.15, 0.2) is 0 Å². The van der Waals surface area contributed by atoms with Gasteiger partial charge in [0.25, 0.3) is 0 Å². The van der Waals surface area contributed by atoms with Crippen LogP contribution < -0.4 is 5.32 Å². The second-order valence-electron chi connectivity index (χ2n) is 3.87. The Kier molecular flexibility index (Phi) is 4.23. The van der Waals surface area contributed by atoms with Crippen LogP contribution in [0.2, 0.25) is 0 Å². The van der Waals surface area contributed by atoms with Crippen molar-refractivity contribution in [2.45, 2.75) is 19.4 Å². The van der Waals surface area contributed by atoms with Gasteiger partial charge < -0.3 is 5.32 Å². The average Bonchev–Trinajstić information content (AvgIpc) is 2.82. The number of hydrogen-bond donors (Lipinski definition) is 1. The van der Waals surface area contributed by atoms with Crippen LogP contribution in [0, 0.1) is 5.82 Å². The third kappa shape index (κ3) is 3.35. The summed E-state index contributed by atoms with van der Waals surface area (Å²) in [6, 6.07) is 6.90. The molecule has 1 atom stereocenters. The Morgan fingerprint density at radius 1 is 1.41 bits per heavy atom. The van der Waals surface area contributed by atoms with E-state index in [1.165, 1.54) is 6.07 Å². The molecule has 0 aliphatic heterocycles. The smallest absolute Gasteiger partial charge is 0.127 e. The van der Waals surface area contributed by atoms with Gasteiger partial charge in [-0.25, -0.2) is 9.37 Å². The molecule has 1 unspecified atom stereocenters. The van der Waals surface area contributed by atoms with Crippen molar-refractivity contribution in [1.82, 2.24) is 10.3 Å². The molecule has 0 radical (unpaired) electrons. The molecule has 90 valence electrons. The lowest BCUT2D eigenvalue weighted by Gasteiger charge is -2.14. The number of nitrogens with one attached hydrogen (secondary N) is 1. The van der Waals surface area contributed by atoms with Gasteiger partial charge in [-0.2, -0.15) is 0 Å². The summed E-state index contributed by atoms with van der Waals surface area (Å²) in [5.41, 5.74) is 0.714. The summed E-state index contributed by atoms with van der Waals surface area (Å²) < 4.78 is 13.5. The van der Waals surface area contributed by atoms with Gasteiger partial charge in [-0.1, -0.05) is 18.2 Å². The fraction of sp³-hybridized carbons (Fsp3) is 0.308. The first-order chi connectivity index (χ1) is 8.27. The minimum atomic E-state index is -0.151. The maximum atomic E-state index is 13.5. The van der Waals surface area contributed by atoms with E-state index in [-0.39, 0.29) is 11.9 Å². The van der Waals surface area contributed by atoms with Crippen LogP contribution in [0.5, 0.6) is 0 Å². The quantitative estimate of drug-likeness (QED) is 0.881. The highest BCUT2D eigenvalue weighted by atomic mass is 32.1. The Hall–Kier alpha value is -1.26. The van der Waals surface area contributed by atoms with E-state index in [4.69, 9.17) is 0 Å². The number of benzene rings is 1. The van der Waals surface area contributed by atoms with Crippen molar-refractivity contribution in [2.75, 3.05) is 6.54 Å². The number of aromatic nitrogens is 1. The number of nitrogens with zero attached hydrogens (tertiary/aromatic N) is 1. The molecule has 17 heavy (non-hydrogen) atoms. The van der Waals surface area contributed by atoms with E-state index >= 15 is 0 Å². The zero-order valence-corrected chi connectivity index (χ0v) is 10.5. The summed E-state index contributed by atoms with van der Waals surface area (Å²) in [7, 11) is 0. The predicted molar refractivity (Wildman–Crippen MR) is 68.6 cm³/mol. The number of thiazole rings is 1. The van der Waals surface area contributed by atoms with Crippen molar-refractivity contribution in [3.05, 3.63) is 52.2 Å². The summed E-state index contributed by atoms with van der Waals surface area (Å²) in [5, 5.41) is 6.38. The fourth-order valence-corrected chi connectivity index (χ4v) is 2.33. The van der Waals surface area contributed by atoms with Gasteiger partial charge in [-0.15, -0.1) is 11.3 Å². The van der Waals surface area contributed by atoms with Gasteiger partial charge in [0.05, 0.1) is 5.01 Å². The fourth-order valence-electron chi connectivity index (χ4n) is 1.71. The molecule has 0 aliphatic carbocycles. The monoisotopic (exact) mass is 250 g/mol. The second-order valence-corrected chi connectivity index (χ2v) is 4.85. The molecule has 2 aromatic rings. The van der Waals surface area contributed by atoms with Crippen molar-refractivity contribution >= 4 is 11.3 Å². The molecule has 0 bridgehead atoms. The van der Waals surface area contributed by atoms with E-state index in [2.05, 4.69) is 10.3 Å². The molecule has 2 rings (SSSR count). The van der Waals surface area contributed by atoms with Gasteiger partial charge in [0.2, 0.25) is 0 Å². The molecule has 0 saturated carbocycles. The molecule has 1 aromatic carbocycles. The number of rotatable bonds is 5. The molecule has 0 saturated heterocycles. The van der Waals surface area contributed by atoms with E-state index < -0.39 is 0 Å². The topological polar surface area (TPSA) is 24.9 Å². The van der Waals surface area contributed by atoms with E-state index in [9.17, 15) is 4.39 Å². The van der Waals surface area contributed by atoms with E-state index in [0.717, 1.165) is 18.0 Å². The minimum absolute atomic E-state index is 0.0242. The molecular formula is C13H15FN2S. The molecule has 0 aliphatic rings. The predicted octanol–water partition coefficient (Wildman–Crippen LogP) is 3.18. The van der Waals surface area contributed by atoms with Crippen molar-refractivity contribution < 1.29 is 4.39 Å². The highest BCUT2D eigenvalue weighted by molar-refractivity contribution is 7.09. The van der Waals surface area contributed by atoms with Crippen molar-refractivity contribution in [3.8, 4) is 0 Å². The highest BCUT2D eigenvalue weighted by Crippen LogP contribution is 2.15. The first kappa shape index (κ1) is 12.2. The van der Waals surface area contributed by atoms with Crippen molar-refractivity contribution in [2.24, 2.45) is 0 Å². The maximum absolute atomic E-state index is 13.5. The molecule has 0 spiro atoms. The Morgan fingerprint density at radius 3 is 2.94 bits per heavy atom. The van der Waals surface area contributed by atoms with Gasteiger partial charge in [0, 0.05) is 36.1 Å². The molecule has 4 heteroatoms. The molecule has 2 nitrogen and oxygen atoms in total. The Bertz CT molecular complexity index is 456. The third-order valence-electron chi connectivity index (χ3n) is 2.64. The largest absolute Gasteiger partial charge is 0.310 e. The number of hydrogen-bond acceptors (Lipinski definition) is 3. The van der Waals surface area contributed by atoms with E-state index in [0.29, 0.717) is 5.56 Å². The Morgan fingerprint density at radius 2 is 2.24 bits per heavy atom. The number of halogens is 1. The summed E-state index contributed by atoms with van der Waals surface area (Å²) in [6.45, 7) is 2.78. The lowest BCUT2D eigenvalue weighted by Crippen LogP contribution is -2.22. The van der Waals surface area contributed by atoms with Crippen LogP contribution in [0.4, 0.5) is 4.39 Å². The highest BCUT2D eigenvalue weighted by Gasteiger charge is 2.09. The van der Waals surface area contributed by atoms with Crippen molar-refractivity contribution in [1.29, 1.82) is 0 Å². The van der Waals surface area contributed by atoms with Gasteiger partial charge in [-0.05, 0) is 13.0 Å². The van der Waals surface area contributed by atoms with E-state index in [1.54, 1.807) is 23.6 Å². The minimum Gasteiger partial charge on any atom is -0.310 e. The van der Waals surface area contributed by atoms with Crippen LogP contribution in [0.1, 0.15) is 23.5 Å². The summed E-state index contributed by atoms with van der Waals surface area (Å²) in [5.74, 6) is -0.151. The molecule has 0 fully saturated rings. The van der Waals surface area contributed by atoms with Crippen LogP contribution >= 0.6 is 11.3 Å². The zero-order chi connectivity index (χ0) is 12.1. The SMILES string of the molecule is CC(NCCc1nccs1)c1ccccc1F. The lowest BCUT2D eigenvalue weighted by molar-refractivity contribution is 0.530. The van der Waals surface area contributed by atoms with Crippen LogP contribution in [0.3, 0.4) is 0 Å². The van der Waals surface area contributed by atoms with Crippen LogP contribution in [-0.4, -0.2) is 11.5 Å². The standard InChI is InChI=1S/C13H15FN2S/c1-10(11-4-2-3-5-12(11)14)15-7-6-13-16-8-9-17-13/h2-5,8-10,15H,6-7H2,1H3. The first-order valence-electron chi connectivity index (χ1n) is 5.63. The van der Waals surface area contributed by atoms with Gasteiger partial charge >= 0.3 is 0 Å². The summed E-state index contributed by atoms with van der Waals surface area (Å²) in [4.78, 5) is 4.21. The van der Waals surface area contributed by atoms with Crippen LogP contribution in [-0.2, 0) is 6.42 Å². The third-order valence-corrected chi connectivity index (χ3v) is 3.48. The average molecular weight is 250 g/mol. The van der Waals surface area contributed by atoms with E-state index in [1.807, 2.05) is 24.4 Å². The molecule has 0 amide bonds. The van der Waals surface area contributed by atoms with Crippen LogP contribution in [0.15, 0.2) is 35.8 Å². The van der Waals surface area contributed by atoms with Gasteiger partial charge in [0.1, 0.15) is 5.82 Å². The summed E-state index contributed by atoms with van der Waals surface area (Å²) >= 11 is 1.65. The molecule has 1 heterocycles. The second kappa shape index (κ2) is 5.89. The lowest BCUT2D eigenvalue weighted by atomic mass is 10.1. The Labute approximate surface area is 105 Å². The van der Waals surface area contributed by atoms with Gasteiger partial charge in [-0.3, -0.25) is 0 Å².